The van der Waals surface area contributed by atoms with Gasteiger partial charge in [-0.1, -0.05) is 34.1 Å². The van der Waals surface area contributed by atoms with E-state index in [1.165, 1.54) is 16.7 Å². The number of halogens is 1. The Bertz CT molecular complexity index is 645. The fourth-order valence-corrected chi connectivity index (χ4v) is 3.56. The van der Waals surface area contributed by atoms with Crippen LogP contribution in [0.1, 0.15) is 52.8 Å². The first kappa shape index (κ1) is 14.7. The van der Waals surface area contributed by atoms with E-state index in [4.69, 9.17) is 0 Å². The lowest BCUT2D eigenvalue weighted by atomic mass is 9.80. The summed E-state index contributed by atoms with van der Waals surface area (Å²) in [5, 5.41) is 10.9. The zero-order valence-corrected chi connectivity index (χ0v) is 14.0. The molecule has 2 unspecified atom stereocenters. The van der Waals surface area contributed by atoms with E-state index in [-0.39, 0.29) is 5.92 Å². The summed E-state index contributed by atoms with van der Waals surface area (Å²) in [6.45, 7) is 4.14. The van der Waals surface area contributed by atoms with E-state index in [0.717, 1.165) is 35.0 Å². The van der Waals surface area contributed by atoms with E-state index in [1.54, 1.807) is 0 Å². The first-order valence-electron chi connectivity index (χ1n) is 7.46. The van der Waals surface area contributed by atoms with E-state index in [9.17, 15) is 5.11 Å². The number of aromatic nitrogens is 1. The van der Waals surface area contributed by atoms with Gasteiger partial charge in [0.1, 0.15) is 0 Å². The maximum atomic E-state index is 10.9. The lowest BCUT2D eigenvalue weighted by Gasteiger charge is -2.29. The Labute approximate surface area is 134 Å². The number of rotatable bonds is 2. The van der Waals surface area contributed by atoms with E-state index < -0.39 is 6.10 Å². The summed E-state index contributed by atoms with van der Waals surface area (Å²) in [7, 11) is 0. The monoisotopic (exact) mass is 345 g/mol. The minimum absolute atomic E-state index is 0.106. The molecule has 0 fully saturated rings. The summed E-state index contributed by atoms with van der Waals surface area (Å²) in [5.41, 5.74) is 5.70. The molecule has 110 valence electrons. The molecule has 0 amide bonds. The van der Waals surface area contributed by atoms with E-state index in [1.807, 2.05) is 12.3 Å². The molecule has 1 N–H and O–H groups in total. The Kier molecular flexibility index (Phi) is 4.14. The second-order valence-electron chi connectivity index (χ2n) is 5.96. The highest BCUT2D eigenvalue weighted by molar-refractivity contribution is 9.10. The molecule has 1 heterocycles. The Morgan fingerprint density at radius 1 is 1.29 bits per heavy atom. The third-order valence-corrected chi connectivity index (χ3v) is 5.67. The van der Waals surface area contributed by atoms with Gasteiger partial charge in [-0.05, 0) is 61.4 Å². The van der Waals surface area contributed by atoms with Crippen LogP contribution in [0.4, 0.5) is 0 Å². The highest BCUT2D eigenvalue weighted by Gasteiger charge is 2.29. The minimum Gasteiger partial charge on any atom is -0.388 e. The Hall–Kier alpha value is -1.19. The van der Waals surface area contributed by atoms with Crippen LogP contribution >= 0.6 is 15.9 Å². The van der Waals surface area contributed by atoms with Gasteiger partial charge in [0.2, 0.25) is 0 Å². The second kappa shape index (κ2) is 5.90. The van der Waals surface area contributed by atoms with E-state index >= 15 is 0 Å². The molecule has 2 atom stereocenters. The standard InChI is InChI=1S/C18H20BrNO/c1-11-9-14(10-12(2)16(11)19)18(21)15-7-3-5-13-6-4-8-20-17(13)15/h4,6,8-10,15,18,21H,3,5,7H2,1-2H3. The quantitative estimate of drug-likeness (QED) is 0.861. The lowest BCUT2D eigenvalue weighted by Crippen LogP contribution is -2.18. The van der Waals surface area contributed by atoms with Crippen molar-refractivity contribution in [3.63, 3.8) is 0 Å². The highest BCUT2D eigenvalue weighted by Crippen LogP contribution is 2.40. The number of pyridine rings is 1. The van der Waals surface area contributed by atoms with Crippen LogP contribution in [0.2, 0.25) is 0 Å². The normalized spacial score (nSPS) is 19.1. The number of aryl methyl sites for hydroxylation is 3. The van der Waals surface area contributed by atoms with Gasteiger partial charge in [-0.25, -0.2) is 0 Å². The predicted molar refractivity (Wildman–Crippen MR) is 88.5 cm³/mol. The fraction of sp³-hybridized carbons (Fsp3) is 0.389. The van der Waals surface area contributed by atoms with Crippen molar-refractivity contribution in [1.82, 2.24) is 4.98 Å². The summed E-state index contributed by atoms with van der Waals surface area (Å²) in [6.07, 6.45) is 4.55. The number of aliphatic hydroxyl groups is 1. The van der Waals surface area contributed by atoms with Crippen LogP contribution in [0.3, 0.4) is 0 Å². The van der Waals surface area contributed by atoms with Gasteiger partial charge in [-0.2, -0.15) is 0 Å². The second-order valence-corrected chi connectivity index (χ2v) is 6.75. The molecule has 0 aliphatic heterocycles. The number of benzene rings is 1. The fourth-order valence-electron chi connectivity index (χ4n) is 3.34. The third-order valence-electron chi connectivity index (χ3n) is 4.42. The molecule has 1 aliphatic rings. The molecule has 0 radical (unpaired) electrons. The molecule has 1 aromatic carbocycles. The lowest BCUT2D eigenvalue weighted by molar-refractivity contribution is 0.134. The van der Waals surface area contributed by atoms with E-state index in [2.05, 4.69) is 53.0 Å². The van der Waals surface area contributed by atoms with Gasteiger partial charge in [0, 0.05) is 22.3 Å². The van der Waals surface area contributed by atoms with Crippen molar-refractivity contribution in [3.8, 4) is 0 Å². The van der Waals surface area contributed by atoms with Crippen molar-refractivity contribution in [2.45, 2.75) is 45.1 Å². The molecule has 0 saturated carbocycles. The highest BCUT2D eigenvalue weighted by atomic mass is 79.9. The van der Waals surface area contributed by atoms with Crippen molar-refractivity contribution >= 4 is 15.9 Å². The number of hydrogen-bond donors (Lipinski definition) is 1. The molecular formula is C18H20BrNO. The van der Waals surface area contributed by atoms with Crippen LogP contribution in [0.15, 0.2) is 34.9 Å². The van der Waals surface area contributed by atoms with Crippen molar-refractivity contribution in [2.24, 2.45) is 0 Å². The van der Waals surface area contributed by atoms with Crippen molar-refractivity contribution in [2.75, 3.05) is 0 Å². The Morgan fingerprint density at radius 3 is 2.71 bits per heavy atom. The molecule has 0 spiro atoms. The largest absolute Gasteiger partial charge is 0.388 e. The minimum atomic E-state index is -0.482. The van der Waals surface area contributed by atoms with Crippen molar-refractivity contribution in [1.29, 1.82) is 0 Å². The predicted octanol–water partition coefficient (Wildman–Crippen LogP) is 4.61. The molecule has 3 heteroatoms. The number of aliphatic hydroxyl groups excluding tert-OH is 1. The van der Waals surface area contributed by atoms with Crippen LogP contribution in [-0.4, -0.2) is 10.1 Å². The maximum Gasteiger partial charge on any atom is 0.0873 e. The maximum absolute atomic E-state index is 10.9. The first-order chi connectivity index (χ1) is 10.1. The van der Waals surface area contributed by atoms with E-state index in [0.29, 0.717) is 0 Å². The van der Waals surface area contributed by atoms with Crippen LogP contribution in [0.25, 0.3) is 0 Å². The average molecular weight is 346 g/mol. The molecule has 1 aromatic heterocycles. The molecule has 2 nitrogen and oxygen atoms in total. The van der Waals surface area contributed by atoms with Gasteiger partial charge in [-0.15, -0.1) is 0 Å². The van der Waals surface area contributed by atoms with Gasteiger partial charge in [0.05, 0.1) is 6.10 Å². The third kappa shape index (κ3) is 2.77. The van der Waals surface area contributed by atoms with Gasteiger partial charge in [-0.3, -0.25) is 4.98 Å². The SMILES string of the molecule is Cc1cc(C(O)C2CCCc3cccnc32)cc(C)c1Br. The summed E-state index contributed by atoms with van der Waals surface area (Å²) < 4.78 is 1.13. The van der Waals surface area contributed by atoms with Gasteiger partial charge < -0.3 is 5.11 Å². The topological polar surface area (TPSA) is 33.1 Å². The smallest absolute Gasteiger partial charge is 0.0873 e. The van der Waals surface area contributed by atoms with Crippen LogP contribution in [0, 0.1) is 13.8 Å². The molecule has 2 aromatic rings. The number of fused-ring (bicyclic) bond motifs is 1. The number of hydrogen-bond acceptors (Lipinski definition) is 2. The van der Waals surface area contributed by atoms with Crippen LogP contribution < -0.4 is 0 Å². The molecule has 0 saturated heterocycles. The summed E-state index contributed by atoms with van der Waals surface area (Å²) in [5.74, 6) is 0.106. The Balaban J connectivity index is 1.98. The first-order valence-corrected chi connectivity index (χ1v) is 8.25. The van der Waals surface area contributed by atoms with Crippen LogP contribution in [0.5, 0.6) is 0 Å². The van der Waals surface area contributed by atoms with Gasteiger partial charge >= 0.3 is 0 Å². The Morgan fingerprint density at radius 2 is 2.00 bits per heavy atom. The molecule has 1 aliphatic carbocycles. The summed E-state index contributed by atoms with van der Waals surface area (Å²) in [4.78, 5) is 4.54. The van der Waals surface area contributed by atoms with Crippen molar-refractivity contribution in [3.05, 3.63) is 62.9 Å². The van der Waals surface area contributed by atoms with Gasteiger partial charge in [0.15, 0.2) is 0 Å². The number of nitrogens with zero attached hydrogens (tertiary/aromatic N) is 1. The molecule has 21 heavy (non-hydrogen) atoms. The van der Waals surface area contributed by atoms with Crippen molar-refractivity contribution < 1.29 is 5.11 Å². The summed E-state index contributed by atoms with van der Waals surface area (Å²) in [6, 6.07) is 8.29. The summed E-state index contributed by atoms with van der Waals surface area (Å²) >= 11 is 3.59. The van der Waals surface area contributed by atoms with Crippen LogP contribution in [-0.2, 0) is 6.42 Å². The zero-order valence-electron chi connectivity index (χ0n) is 12.4. The molecule has 0 bridgehead atoms. The average Bonchev–Trinajstić information content (AvgIpc) is 2.51. The molecule has 3 rings (SSSR count). The van der Waals surface area contributed by atoms with Gasteiger partial charge in [0.25, 0.3) is 0 Å². The molecular weight excluding hydrogens is 326 g/mol. The zero-order chi connectivity index (χ0) is 15.0.